The molecular weight excluding hydrogens is 827 g/mol. The van der Waals surface area contributed by atoms with E-state index in [0.717, 1.165) is 6.42 Å². The number of nitrogens with one attached hydrogen (secondary N) is 3. The zero-order valence-electron chi connectivity index (χ0n) is 35.4. The zero-order chi connectivity index (χ0) is 45.5. The monoisotopic (exact) mass is 880 g/mol. The van der Waals surface area contributed by atoms with Gasteiger partial charge in [-0.1, -0.05) is 19.1 Å². The molecule has 5 heterocycles. The molecule has 22 heteroatoms. The van der Waals surface area contributed by atoms with Crippen LogP contribution < -0.4 is 16.0 Å². The van der Waals surface area contributed by atoms with Crippen LogP contribution in [0.2, 0.25) is 0 Å². The van der Waals surface area contributed by atoms with Crippen LogP contribution in [0.3, 0.4) is 0 Å². The number of aromatic nitrogens is 3. The summed E-state index contributed by atoms with van der Waals surface area (Å²) in [7, 11) is 4.35. The maximum absolute atomic E-state index is 13.5. The number of hydrogen-bond acceptors (Lipinski definition) is 16. The van der Waals surface area contributed by atoms with E-state index in [1.165, 1.54) is 32.0 Å². The maximum atomic E-state index is 13.5. The Labute approximate surface area is 362 Å². The van der Waals surface area contributed by atoms with Gasteiger partial charge < -0.3 is 65.0 Å². The van der Waals surface area contributed by atoms with Crippen LogP contribution in [0.5, 0.6) is 0 Å². The molecule has 7 unspecified atom stereocenters. The first-order chi connectivity index (χ1) is 30.2. The molecule has 0 radical (unpaired) electrons. The van der Waals surface area contributed by atoms with Crippen molar-refractivity contribution in [3.05, 3.63) is 48.4 Å². The van der Waals surface area contributed by atoms with Gasteiger partial charge in [-0.15, -0.1) is 0 Å². The Morgan fingerprint density at radius 3 is 2.43 bits per heavy atom. The number of nitriles is 1. The number of piperidine rings is 1. The average molecular weight is 881 g/mol. The largest absolute Gasteiger partial charge is 0.394 e. The van der Waals surface area contributed by atoms with Crippen LogP contribution in [0.1, 0.15) is 32.3 Å². The van der Waals surface area contributed by atoms with Gasteiger partial charge in [0.1, 0.15) is 54.5 Å². The average Bonchev–Trinajstić information content (AvgIpc) is 3.71. The molecule has 0 aliphatic carbocycles. The minimum atomic E-state index is -1.78. The first-order valence-electron chi connectivity index (χ1n) is 20.4. The van der Waals surface area contributed by atoms with Crippen LogP contribution in [0.15, 0.2) is 42.9 Å². The van der Waals surface area contributed by atoms with Gasteiger partial charge in [0.05, 0.1) is 25.9 Å². The Bertz CT molecular complexity index is 2180. The number of ether oxygens (including phenoxy) is 5. The maximum Gasteiger partial charge on any atom is 0.335 e. The summed E-state index contributed by atoms with van der Waals surface area (Å²) in [6, 6.07) is 8.65. The van der Waals surface area contributed by atoms with Gasteiger partial charge >= 0.3 is 11.8 Å². The van der Waals surface area contributed by atoms with Crippen molar-refractivity contribution in [3.63, 3.8) is 0 Å². The van der Waals surface area contributed by atoms with E-state index < -0.39 is 85.8 Å². The van der Waals surface area contributed by atoms with E-state index in [9.17, 15) is 39.6 Å². The van der Waals surface area contributed by atoms with Crippen molar-refractivity contribution in [1.82, 2.24) is 30.1 Å². The smallest absolute Gasteiger partial charge is 0.335 e. The van der Waals surface area contributed by atoms with Crippen LogP contribution in [0.25, 0.3) is 11.0 Å². The van der Waals surface area contributed by atoms with Gasteiger partial charge in [0.25, 0.3) is 5.91 Å². The lowest BCUT2D eigenvalue weighted by Gasteiger charge is -2.47. The van der Waals surface area contributed by atoms with Crippen LogP contribution >= 0.6 is 0 Å². The minimum Gasteiger partial charge on any atom is -0.394 e. The Kier molecular flexibility index (Phi) is 15.5. The summed E-state index contributed by atoms with van der Waals surface area (Å²) in [6.07, 6.45) is -7.82. The highest BCUT2D eigenvalue weighted by Crippen LogP contribution is 2.31. The molecule has 3 saturated heterocycles. The van der Waals surface area contributed by atoms with E-state index in [4.69, 9.17) is 28.9 Å². The second kappa shape index (κ2) is 20.8. The zero-order valence-corrected chi connectivity index (χ0v) is 35.4. The molecule has 1 aromatic carbocycles. The summed E-state index contributed by atoms with van der Waals surface area (Å²) in [5.41, 5.74) is 1.43. The Morgan fingerprint density at radius 1 is 1.02 bits per heavy atom. The number of aliphatic hydroxyl groups is 4. The third kappa shape index (κ3) is 10.5. The summed E-state index contributed by atoms with van der Waals surface area (Å²) < 4.78 is 31.2. The second-order valence-corrected chi connectivity index (χ2v) is 15.7. The van der Waals surface area contributed by atoms with Crippen molar-refractivity contribution in [2.45, 2.75) is 94.6 Å². The topological polar surface area (TPSA) is 292 Å². The SMILES string of the molecule is CO[C@@H]1OC(CO)[C@@H](O)C(O[C@@H]2OC(C(=O)NCc3ccc(NC(=O)n4ccc5c(/[N+](C)=C\C6CN(C(=O)CC#N)CC[C@H]6C)ncnc54)cc3)[C@@H](OC)C(O)C2O)C1NC(C)=O. The number of aliphatic hydroxyl groups excluding tert-OH is 4. The van der Waals surface area contributed by atoms with E-state index >= 15 is 0 Å². The Balaban J connectivity index is 1.09. The predicted molar refractivity (Wildman–Crippen MR) is 219 cm³/mol. The third-order valence-electron chi connectivity index (χ3n) is 11.5. The Hall–Kier alpha value is -5.48. The number of anilines is 1. The number of benzene rings is 1. The van der Waals surface area contributed by atoms with Crippen molar-refractivity contribution in [1.29, 1.82) is 5.26 Å². The molecule has 3 aromatic rings. The predicted octanol–water partition coefficient (Wildman–Crippen LogP) is -1.05. The molecule has 3 aliphatic rings. The van der Waals surface area contributed by atoms with Crippen LogP contribution in [-0.4, -0.2) is 177 Å². The number of carbonyl (C=O) groups excluding carboxylic acids is 4. The van der Waals surface area contributed by atoms with E-state index in [0.29, 0.717) is 47.1 Å². The first kappa shape index (κ1) is 47.0. The highest BCUT2D eigenvalue weighted by atomic mass is 16.7. The lowest BCUT2D eigenvalue weighted by molar-refractivity contribution is -0.405. The fraction of sp³-hybridized carbons (Fsp3) is 0.561. The minimum absolute atomic E-state index is 0.0198. The normalized spacial score (nSPS) is 30.0. The number of fused-ring (bicyclic) bond motifs is 1. The molecule has 3 aliphatic heterocycles. The fourth-order valence-electron chi connectivity index (χ4n) is 8.02. The van der Waals surface area contributed by atoms with Crippen molar-refractivity contribution >= 4 is 52.5 Å². The number of rotatable bonds is 13. The summed E-state index contributed by atoms with van der Waals surface area (Å²) in [4.78, 5) is 62.0. The van der Waals surface area contributed by atoms with E-state index in [1.807, 2.05) is 23.9 Å². The lowest BCUT2D eigenvalue weighted by atomic mass is 9.87. The number of nitrogens with zero attached hydrogens (tertiary/aromatic N) is 6. The van der Waals surface area contributed by atoms with E-state index in [-0.39, 0.29) is 24.8 Å². The molecule has 7 N–H and O–H groups in total. The third-order valence-corrected chi connectivity index (χ3v) is 11.5. The van der Waals surface area contributed by atoms with Gasteiger partial charge in [-0.2, -0.15) is 10.2 Å². The van der Waals surface area contributed by atoms with Gasteiger partial charge in [0.15, 0.2) is 24.3 Å². The quantitative estimate of drug-likeness (QED) is 0.0796. The molecule has 22 nitrogen and oxygen atoms in total. The Morgan fingerprint density at radius 2 is 1.76 bits per heavy atom. The van der Waals surface area contributed by atoms with Crippen molar-refractivity contribution in [2.24, 2.45) is 11.8 Å². The molecule has 0 spiro atoms. The first-order valence-corrected chi connectivity index (χ1v) is 20.4. The molecular formula is C41H54N9O13+. The molecule has 12 atom stereocenters. The van der Waals surface area contributed by atoms with Crippen LogP contribution in [0, 0.1) is 23.2 Å². The van der Waals surface area contributed by atoms with Crippen molar-refractivity contribution in [2.75, 3.05) is 46.3 Å². The lowest BCUT2D eigenvalue weighted by Crippen LogP contribution is -2.68. The number of likely N-dealkylation sites (tertiary alicyclic amines) is 1. The van der Waals surface area contributed by atoms with E-state index in [1.54, 1.807) is 41.4 Å². The van der Waals surface area contributed by atoms with Crippen molar-refractivity contribution in [3.8, 4) is 6.07 Å². The highest BCUT2D eigenvalue weighted by Gasteiger charge is 2.53. The van der Waals surface area contributed by atoms with Gasteiger partial charge in [-0.3, -0.25) is 19.0 Å². The van der Waals surface area contributed by atoms with Gasteiger partial charge in [-0.25, -0.2) is 9.37 Å². The van der Waals surface area contributed by atoms with Gasteiger partial charge in [0.2, 0.25) is 18.1 Å². The van der Waals surface area contributed by atoms with E-state index in [2.05, 4.69) is 32.8 Å². The van der Waals surface area contributed by atoms with Gasteiger partial charge in [-0.05, 0) is 41.1 Å². The van der Waals surface area contributed by atoms with Crippen LogP contribution in [-0.2, 0) is 44.6 Å². The summed E-state index contributed by atoms with van der Waals surface area (Å²) in [5, 5.41) is 60.5. The molecule has 6 rings (SSSR count). The molecule has 63 heavy (non-hydrogen) atoms. The fourth-order valence-corrected chi connectivity index (χ4v) is 8.02. The number of carbonyl (C=O) groups is 4. The molecule has 0 bridgehead atoms. The second-order valence-electron chi connectivity index (χ2n) is 15.7. The molecule has 4 amide bonds. The standard InChI is InChI=1S/C41H53N9O13/c1-21-11-14-49(28(53)10-13-42)18-24(21)17-48(3)36-26-12-15-50(37(26)45-20-44-36)41(58)47-25-8-6-23(7-9-25)16-43-38(57)35-34(59-4)31(55)32(56)40(63-35)62-33-29(46-22(2)52)39(60-5)61-27(19-51)30(33)54/h6-9,12,15,17,20-21,24,27,29-35,39-40,51,54-56H,10-11,14,16,18-19H2,1-5H3,(H2-,43,46,47,52,57,58)/p+1/b48-17-/t21-,24?,27?,29?,30-,31?,32?,33?,34+,35?,39-,40-/m1/s1. The summed E-state index contributed by atoms with van der Waals surface area (Å²) in [5.74, 6) is -0.578. The molecule has 0 saturated carbocycles. The summed E-state index contributed by atoms with van der Waals surface area (Å²) >= 11 is 0. The molecule has 340 valence electrons. The highest BCUT2D eigenvalue weighted by molar-refractivity contribution is 5.99. The number of methoxy groups -OCH3 is 2. The number of amides is 4. The summed E-state index contributed by atoms with van der Waals surface area (Å²) in [6.45, 7) is 3.76. The molecule has 2 aromatic heterocycles. The van der Waals surface area contributed by atoms with Crippen molar-refractivity contribution < 1.29 is 67.9 Å². The number of hydrogen-bond donors (Lipinski definition) is 7. The van der Waals surface area contributed by atoms with Gasteiger partial charge in [0, 0.05) is 58.6 Å². The van der Waals surface area contributed by atoms with Crippen LogP contribution in [0.4, 0.5) is 16.3 Å². The molecule has 3 fully saturated rings.